The number of rotatable bonds is 3. The van der Waals surface area contributed by atoms with E-state index < -0.39 is 0 Å². The van der Waals surface area contributed by atoms with E-state index in [-0.39, 0.29) is 0 Å². The maximum atomic E-state index is 5.54. The van der Waals surface area contributed by atoms with Crippen molar-refractivity contribution in [1.82, 2.24) is 32.9 Å². The molecule has 0 unspecified atom stereocenters. The second-order valence-corrected chi connectivity index (χ2v) is 18.9. The van der Waals surface area contributed by atoms with Gasteiger partial charge < -0.3 is 8.80 Å². The molecule has 0 fully saturated rings. The molecule has 0 aliphatic carbocycles. The quantitative estimate of drug-likeness (QED) is 0.177. The number of nitrogens with zero attached hydrogens (tertiary/aromatic N) is 7. The summed E-state index contributed by atoms with van der Waals surface area (Å²) >= 11 is 0. The SMILES string of the molecule is Cc1ccc2c(c1)c1ccccc1n2-c1nc(-c2ccc3c(c2)c2ccccc2n2c4ccccc4c4cccc(c5cccc6c7ccccc7n3c65)c42)nc(-n2c3ccccc3c3ccccc32)n1. The van der Waals surface area contributed by atoms with E-state index in [1.54, 1.807) is 0 Å². The van der Waals surface area contributed by atoms with Crippen molar-refractivity contribution in [2.45, 2.75) is 6.92 Å². The van der Waals surface area contributed by atoms with Crippen LogP contribution in [0.15, 0.2) is 218 Å². The highest BCUT2D eigenvalue weighted by Gasteiger charge is 2.23. The summed E-state index contributed by atoms with van der Waals surface area (Å²) in [6.07, 6.45) is 0. The second kappa shape index (κ2) is 14.2. The Balaban J connectivity index is 1.10. The minimum absolute atomic E-state index is 0.547. The van der Waals surface area contributed by atoms with Gasteiger partial charge in [0.15, 0.2) is 5.82 Å². The first-order valence-corrected chi connectivity index (χ1v) is 24.2. The fraction of sp³-hybridized carbons (Fsp3) is 0.0156. The van der Waals surface area contributed by atoms with Gasteiger partial charge in [0.05, 0.1) is 55.2 Å². The highest BCUT2D eigenvalue weighted by Crippen LogP contribution is 2.42. The van der Waals surface area contributed by atoms with Crippen LogP contribution in [0.4, 0.5) is 0 Å². The lowest BCUT2D eigenvalue weighted by molar-refractivity contribution is 0.893. The molecule has 6 aromatic heterocycles. The van der Waals surface area contributed by atoms with Crippen molar-refractivity contribution in [1.29, 1.82) is 0 Å². The average molecular weight is 906 g/mol. The van der Waals surface area contributed by atoms with E-state index >= 15 is 0 Å². The highest BCUT2D eigenvalue weighted by molar-refractivity contribution is 6.25. The zero-order valence-electron chi connectivity index (χ0n) is 38.4. The lowest BCUT2D eigenvalue weighted by atomic mass is 10.0. The van der Waals surface area contributed by atoms with Gasteiger partial charge in [-0.1, -0.05) is 157 Å². The van der Waals surface area contributed by atoms with Gasteiger partial charge in [-0.05, 0) is 73.7 Å². The first-order chi connectivity index (χ1) is 35.2. The van der Waals surface area contributed by atoms with Crippen molar-refractivity contribution in [2.75, 3.05) is 0 Å². The molecule has 0 bridgehead atoms. The molecule has 0 amide bonds. The fourth-order valence-corrected chi connectivity index (χ4v) is 12.1. The Labute approximate surface area is 405 Å². The van der Waals surface area contributed by atoms with Gasteiger partial charge in [0.2, 0.25) is 11.9 Å². The molecule has 0 aliphatic rings. The van der Waals surface area contributed by atoms with Gasteiger partial charge in [0.25, 0.3) is 0 Å². The number of fused-ring (bicyclic) bond motifs is 18. The Morgan fingerprint density at radius 1 is 0.268 bits per heavy atom. The molecule has 71 heavy (non-hydrogen) atoms. The van der Waals surface area contributed by atoms with Crippen LogP contribution in [0.3, 0.4) is 0 Å². The molecule has 0 saturated heterocycles. The number of benzene rings is 10. The number of hydrogen-bond donors (Lipinski definition) is 0. The minimum atomic E-state index is 0.547. The van der Waals surface area contributed by atoms with Gasteiger partial charge in [-0.2, -0.15) is 15.0 Å². The van der Waals surface area contributed by atoms with Crippen LogP contribution in [0.5, 0.6) is 0 Å². The van der Waals surface area contributed by atoms with Crippen LogP contribution in [0.25, 0.3) is 143 Å². The summed E-state index contributed by atoms with van der Waals surface area (Å²) in [6.45, 7) is 2.15. The standard InChI is InChI=1S/C64H39N7/c1-38-32-34-59-50(36-38)44-20-7-13-31-57(44)71(59)64-66-62(65-63(67-64)70-55-29-11-2-16-40(55)41-17-3-12-30-56(41)70)39-33-35-58-51(37-39)45-21-6-10-28-54(45)68-52-26-8-4-18-42(52)46-22-14-24-48(60(46)68)49-25-15-23-47-43-19-5-9-27-53(43)69(58)61(47)49/h2-37H,1H3. The summed E-state index contributed by atoms with van der Waals surface area (Å²) in [6, 6.07) is 79.2. The van der Waals surface area contributed by atoms with E-state index in [1.807, 2.05) is 0 Å². The molecule has 16 aromatic rings. The molecule has 7 nitrogen and oxygen atoms in total. The molecule has 6 heterocycles. The Kier molecular flexibility index (Phi) is 7.69. The topological polar surface area (TPSA) is 57.4 Å². The number of hydrogen-bond acceptors (Lipinski definition) is 3. The fourth-order valence-electron chi connectivity index (χ4n) is 12.1. The first kappa shape index (κ1) is 38.4. The van der Waals surface area contributed by atoms with E-state index in [4.69, 9.17) is 15.0 Å². The van der Waals surface area contributed by atoms with Crippen LogP contribution in [-0.4, -0.2) is 32.9 Å². The monoisotopic (exact) mass is 905 g/mol. The van der Waals surface area contributed by atoms with Crippen molar-refractivity contribution in [2.24, 2.45) is 0 Å². The van der Waals surface area contributed by atoms with E-state index in [1.165, 1.54) is 48.9 Å². The first-order valence-electron chi connectivity index (χ1n) is 24.2. The zero-order chi connectivity index (χ0) is 46.5. The van der Waals surface area contributed by atoms with Gasteiger partial charge in [-0.15, -0.1) is 0 Å². The van der Waals surface area contributed by atoms with E-state index in [0.29, 0.717) is 17.7 Å². The molecule has 0 saturated carbocycles. The Hall–Kier alpha value is -9.59. The third kappa shape index (κ3) is 5.24. The Morgan fingerprint density at radius 2 is 0.592 bits per heavy atom. The number of para-hydroxylation sites is 8. The number of aryl methyl sites for hydroxylation is 1. The predicted molar refractivity (Wildman–Crippen MR) is 294 cm³/mol. The smallest absolute Gasteiger partial charge is 0.240 e. The molecule has 0 N–H and O–H groups in total. The van der Waals surface area contributed by atoms with Gasteiger partial charge in [0, 0.05) is 70.2 Å². The van der Waals surface area contributed by atoms with Crippen LogP contribution < -0.4 is 0 Å². The predicted octanol–water partition coefficient (Wildman–Crippen LogP) is 16.0. The van der Waals surface area contributed by atoms with Crippen molar-refractivity contribution < 1.29 is 0 Å². The van der Waals surface area contributed by atoms with Crippen molar-refractivity contribution in [3.8, 4) is 23.3 Å². The highest BCUT2D eigenvalue weighted by atomic mass is 15.3. The van der Waals surface area contributed by atoms with Gasteiger partial charge in [-0.25, -0.2) is 0 Å². The minimum Gasteiger partial charge on any atom is -0.308 e. The van der Waals surface area contributed by atoms with Crippen LogP contribution >= 0.6 is 0 Å². The van der Waals surface area contributed by atoms with Crippen molar-refractivity contribution in [3.63, 3.8) is 0 Å². The molecule has 0 aliphatic heterocycles. The molecule has 16 rings (SSSR count). The molecule has 10 aromatic carbocycles. The largest absolute Gasteiger partial charge is 0.308 e. The molecule has 330 valence electrons. The Bertz CT molecular complexity index is 4970. The summed E-state index contributed by atoms with van der Waals surface area (Å²) in [4.78, 5) is 16.6. The van der Waals surface area contributed by atoms with Crippen molar-refractivity contribution >= 4 is 120 Å². The van der Waals surface area contributed by atoms with Gasteiger partial charge in [-0.3, -0.25) is 9.13 Å². The number of aromatic nitrogens is 7. The third-order valence-electron chi connectivity index (χ3n) is 15.0. The van der Waals surface area contributed by atoms with Crippen LogP contribution in [0.1, 0.15) is 5.56 Å². The van der Waals surface area contributed by atoms with Crippen LogP contribution in [0, 0.1) is 6.92 Å². The third-order valence-corrected chi connectivity index (χ3v) is 15.0. The van der Waals surface area contributed by atoms with Crippen molar-refractivity contribution in [3.05, 3.63) is 224 Å². The molecule has 0 atom stereocenters. The maximum Gasteiger partial charge on any atom is 0.240 e. The van der Waals surface area contributed by atoms with E-state index in [2.05, 4.69) is 243 Å². The summed E-state index contributed by atoms with van der Waals surface area (Å²) in [5.41, 5.74) is 13.0. The zero-order valence-corrected chi connectivity index (χ0v) is 38.4. The summed E-state index contributed by atoms with van der Waals surface area (Å²) in [5, 5.41) is 14.0. The lowest BCUT2D eigenvalue weighted by Crippen LogP contribution is -2.10. The summed E-state index contributed by atoms with van der Waals surface area (Å²) < 4.78 is 9.40. The van der Waals surface area contributed by atoms with E-state index in [0.717, 1.165) is 82.0 Å². The van der Waals surface area contributed by atoms with Gasteiger partial charge >= 0.3 is 0 Å². The van der Waals surface area contributed by atoms with Crippen LogP contribution in [0.2, 0.25) is 0 Å². The molecular weight excluding hydrogens is 867 g/mol. The summed E-state index contributed by atoms with van der Waals surface area (Å²) in [5.74, 6) is 1.67. The van der Waals surface area contributed by atoms with Crippen LogP contribution in [-0.2, 0) is 0 Å². The van der Waals surface area contributed by atoms with Gasteiger partial charge in [0.1, 0.15) is 0 Å². The second-order valence-electron chi connectivity index (χ2n) is 18.9. The molecule has 0 spiro atoms. The normalized spacial score (nSPS) is 12.3. The molecule has 0 radical (unpaired) electrons. The summed E-state index contributed by atoms with van der Waals surface area (Å²) in [7, 11) is 0. The van der Waals surface area contributed by atoms with E-state index in [9.17, 15) is 0 Å². The maximum absolute atomic E-state index is 5.54. The Morgan fingerprint density at radius 3 is 1.07 bits per heavy atom. The average Bonchev–Trinajstić information content (AvgIpc) is 4.16. The molecule has 7 heteroatoms. The lowest BCUT2D eigenvalue weighted by Gasteiger charge is -2.14. The molecular formula is C64H39N7.